The molecule has 0 aliphatic heterocycles. The van der Waals surface area contributed by atoms with Gasteiger partial charge in [-0.05, 0) is 6.42 Å². The van der Waals surface area contributed by atoms with Gasteiger partial charge in [0.1, 0.15) is 5.67 Å². The third-order valence-corrected chi connectivity index (χ3v) is 3.29. The molecular formula is C10H13FN2O3. The van der Waals surface area contributed by atoms with Crippen molar-refractivity contribution in [1.82, 2.24) is 9.55 Å². The molecule has 1 aromatic heterocycles. The fraction of sp³-hybridized carbons (Fsp3) is 0.600. The third kappa shape index (κ3) is 1.59. The van der Waals surface area contributed by atoms with E-state index in [-0.39, 0.29) is 19.6 Å². The molecule has 88 valence electrons. The van der Waals surface area contributed by atoms with Crippen LogP contribution in [0.1, 0.15) is 13.3 Å². The molecule has 1 fully saturated rings. The zero-order chi connectivity index (χ0) is 12.0. The highest BCUT2D eigenvalue weighted by Gasteiger charge is 2.65. The van der Waals surface area contributed by atoms with Crippen molar-refractivity contribution in [2.24, 2.45) is 5.41 Å². The Balaban J connectivity index is 2.24. The summed E-state index contributed by atoms with van der Waals surface area (Å²) in [6, 6.07) is 1.17. The van der Waals surface area contributed by atoms with Crippen molar-refractivity contribution in [2.45, 2.75) is 25.6 Å². The van der Waals surface area contributed by atoms with Crippen LogP contribution in [-0.2, 0) is 6.54 Å². The van der Waals surface area contributed by atoms with E-state index in [9.17, 15) is 14.0 Å². The molecule has 0 unspecified atom stereocenters. The average Bonchev–Trinajstić information content (AvgIpc) is 2.75. The molecule has 5 nitrogen and oxygen atoms in total. The minimum absolute atomic E-state index is 0.139. The minimum atomic E-state index is -1.57. The number of hydrogen-bond acceptors (Lipinski definition) is 3. The number of aromatic nitrogens is 2. The van der Waals surface area contributed by atoms with Gasteiger partial charge in [-0.15, -0.1) is 0 Å². The number of aromatic amines is 1. The van der Waals surface area contributed by atoms with Crippen LogP contribution in [0.2, 0.25) is 0 Å². The summed E-state index contributed by atoms with van der Waals surface area (Å²) in [5, 5.41) is 9.01. The quantitative estimate of drug-likeness (QED) is 0.742. The lowest BCUT2D eigenvalue weighted by atomic mass is 10.1. The van der Waals surface area contributed by atoms with Gasteiger partial charge in [0, 0.05) is 17.7 Å². The largest absolute Gasteiger partial charge is 0.396 e. The molecule has 1 saturated carbocycles. The van der Waals surface area contributed by atoms with Gasteiger partial charge in [-0.25, -0.2) is 9.18 Å². The number of hydrogen-bond donors (Lipinski definition) is 2. The first-order chi connectivity index (χ1) is 7.40. The Morgan fingerprint density at radius 1 is 1.62 bits per heavy atom. The number of aliphatic hydroxyl groups is 1. The van der Waals surface area contributed by atoms with Crippen LogP contribution in [0.5, 0.6) is 0 Å². The molecule has 1 heterocycles. The number of alkyl halides is 1. The van der Waals surface area contributed by atoms with Crippen LogP contribution < -0.4 is 11.2 Å². The van der Waals surface area contributed by atoms with E-state index in [0.717, 1.165) is 4.57 Å². The zero-order valence-electron chi connectivity index (χ0n) is 8.86. The average molecular weight is 228 g/mol. The van der Waals surface area contributed by atoms with E-state index in [0.29, 0.717) is 0 Å². The number of H-pyrrole nitrogens is 1. The molecule has 16 heavy (non-hydrogen) atoms. The Bertz CT molecular complexity index is 523. The maximum absolute atomic E-state index is 14.1. The highest BCUT2D eigenvalue weighted by Crippen LogP contribution is 2.59. The molecule has 0 amide bonds. The first-order valence-corrected chi connectivity index (χ1v) is 5.00. The molecule has 0 saturated heterocycles. The molecule has 0 radical (unpaired) electrons. The Labute approximate surface area is 90.5 Å². The second-order valence-electron chi connectivity index (χ2n) is 4.60. The molecule has 6 heteroatoms. The van der Waals surface area contributed by atoms with Gasteiger partial charge in [-0.2, -0.15) is 0 Å². The Hall–Kier alpha value is -1.43. The molecule has 2 atom stereocenters. The Morgan fingerprint density at radius 2 is 2.31 bits per heavy atom. The van der Waals surface area contributed by atoms with Gasteiger partial charge in [-0.3, -0.25) is 14.3 Å². The topological polar surface area (TPSA) is 75.1 Å². The van der Waals surface area contributed by atoms with Crippen molar-refractivity contribution in [2.75, 3.05) is 6.61 Å². The van der Waals surface area contributed by atoms with E-state index in [1.807, 2.05) is 0 Å². The molecule has 1 aromatic rings. The number of nitrogens with one attached hydrogen (secondary N) is 1. The monoisotopic (exact) mass is 228 g/mol. The number of rotatable bonds is 3. The highest BCUT2D eigenvalue weighted by atomic mass is 19.1. The second kappa shape index (κ2) is 3.28. The normalized spacial score (nSPS) is 32.7. The smallest absolute Gasteiger partial charge is 0.328 e. The molecule has 0 bridgehead atoms. The predicted octanol–water partition coefficient (Wildman–Crippen LogP) is -0.353. The standard InChI is InChI=1S/C10H13FN2O3/c1-9(6-14)4-10(9,11)5-13-3-2-7(15)12-8(13)16/h2-3,14H,4-6H2,1H3,(H,12,15,16)/t9-,10-/m1/s1. The lowest BCUT2D eigenvalue weighted by molar-refractivity contribution is 0.137. The molecule has 0 aromatic carbocycles. The Morgan fingerprint density at radius 3 is 2.81 bits per heavy atom. The van der Waals surface area contributed by atoms with Crippen molar-refractivity contribution in [3.8, 4) is 0 Å². The summed E-state index contributed by atoms with van der Waals surface area (Å²) >= 11 is 0. The molecule has 1 aliphatic rings. The predicted molar refractivity (Wildman–Crippen MR) is 55.0 cm³/mol. The van der Waals surface area contributed by atoms with Crippen molar-refractivity contribution >= 4 is 0 Å². The number of halogens is 1. The number of nitrogens with zero attached hydrogens (tertiary/aromatic N) is 1. The van der Waals surface area contributed by atoms with E-state index in [1.165, 1.54) is 12.3 Å². The first kappa shape index (κ1) is 11.1. The maximum Gasteiger partial charge on any atom is 0.328 e. The Kier molecular flexibility index (Phi) is 2.27. The van der Waals surface area contributed by atoms with Gasteiger partial charge in [0.25, 0.3) is 5.56 Å². The summed E-state index contributed by atoms with van der Waals surface area (Å²) in [6.45, 7) is 1.24. The summed E-state index contributed by atoms with van der Waals surface area (Å²) in [5.41, 5.74) is -3.47. The van der Waals surface area contributed by atoms with Gasteiger partial charge < -0.3 is 5.11 Å². The van der Waals surface area contributed by atoms with Gasteiger partial charge in [0.15, 0.2) is 0 Å². The molecule has 1 aliphatic carbocycles. The fourth-order valence-electron chi connectivity index (χ4n) is 1.86. The van der Waals surface area contributed by atoms with Crippen LogP contribution in [0.3, 0.4) is 0 Å². The number of aliphatic hydroxyl groups excluding tert-OH is 1. The second-order valence-corrected chi connectivity index (χ2v) is 4.60. The summed E-state index contributed by atoms with van der Waals surface area (Å²) in [7, 11) is 0. The van der Waals surface area contributed by atoms with Crippen LogP contribution in [-0.4, -0.2) is 26.9 Å². The van der Waals surface area contributed by atoms with Crippen molar-refractivity contribution in [1.29, 1.82) is 0 Å². The van der Waals surface area contributed by atoms with Gasteiger partial charge in [0.2, 0.25) is 0 Å². The van der Waals surface area contributed by atoms with E-state index in [2.05, 4.69) is 4.98 Å². The molecule has 0 spiro atoms. The summed E-state index contributed by atoms with van der Waals surface area (Å²) in [5.74, 6) is 0. The summed E-state index contributed by atoms with van der Waals surface area (Å²) < 4.78 is 15.2. The third-order valence-electron chi connectivity index (χ3n) is 3.29. The van der Waals surface area contributed by atoms with Crippen LogP contribution in [0.25, 0.3) is 0 Å². The first-order valence-electron chi connectivity index (χ1n) is 5.00. The van der Waals surface area contributed by atoms with E-state index >= 15 is 0 Å². The van der Waals surface area contributed by atoms with Crippen molar-refractivity contribution in [3.05, 3.63) is 33.1 Å². The lowest BCUT2D eigenvalue weighted by Crippen LogP contribution is -2.33. The van der Waals surface area contributed by atoms with Crippen molar-refractivity contribution < 1.29 is 9.50 Å². The molecule has 2 N–H and O–H groups in total. The maximum atomic E-state index is 14.1. The van der Waals surface area contributed by atoms with E-state index < -0.39 is 22.3 Å². The fourth-order valence-corrected chi connectivity index (χ4v) is 1.86. The van der Waals surface area contributed by atoms with Crippen LogP contribution in [0.4, 0.5) is 4.39 Å². The van der Waals surface area contributed by atoms with Gasteiger partial charge in [-0.1, -0.05) is 6.92 Å². The van der Waals surface area contributed by atoms with Gasteiger partial charge >= 0.3 is 5.69 Å². The molecular weight excluding hydrogens is 215 g/mol. The summed E-state index contributed by atoms with van der Waals surface area (Å²) in [4.78, 5) is 24.2. The van der Waals surface area contributed by atoms with E-state index in [1.54, 1.807) is 6.92 Å². The van der Waals surface area contributed by atoms with Crippen LogP contribution >= 0.6 is 0 Å². The van der Waals surface area contributed by atoms with Crippen molar-refractivity contribution in [3.63, 3.8) is 0 Å². The van der Waals surface area contributed by atoms with Crippen LogP contribution in [0.15, 0.2) is 21.9 Å². The van der Waals surface area contributed by atoms with E-state index in [4.69, 9.17) is 5.11 Å². The highest BCUT2D eigenvalue weighted by molar-refractivity contribution is 5.14. The zero-order valence-corrected chi connectivity index (χ0v) is 8.86. The van der Waals surface area contributed by atoms with Gasteiger partial charge in [0.05, 0.1) is 13.2 Å². The molecule has 2 rings (SSSR count). The SMILES string of the molecule is C[C@]1(CO)C[C@@]1(F)Cn1ccc(=O)[nH]c1=O. The minimum Gasteiger partial charge on any atom is -0.396 e. The summed E-state index contributed by atoms with van der Waals surface area (Å²) in [6.07, 6.45) is 1.49. The van der Waals surface area contributed by atoms with Crippen LogP contribution in [0, 0.1) is 5.41 Å². The lowest BCUT2D eigenvalue weighted by Gasteiger charge is -2.13.